The Morgan fingerprint density at radius 1 is 1.27 bits per heavy atom. The number of pyridine rings is 1. The molecule has 1 amide bonds. The molecule has 1 heterocycles. The van der Waals surface area contributed by atoms with Crippen molar-refractivity contribution in [3.05, 3.63) is 63.6 Å². The Kier molecular flexibility index (Phi) is 4.27. The van der Waals surface area contributed by atoms with E-state index in [1.165, 1.54) is 19.3 Å². The number of benzene rings is 1. The monoisotopic (exact) mass is 348 g/mol. The molecule has 2 aliphatic carbocycles. The number of allylic oxidation sites excluding steroid dienone is 1. The Bertz CT molecular complexity index is 949. The van der Waals surface area contributed by atoms with Crippen LogP contribution in [0.4, 0.5) is 0 Å². The molecule has 4 heteroatoms. The number of aromatic nitrogens is 1. The second-order valence-electron chi connectivity index (χ2n) is 7.58. The number of carbonyl (C=O) groups is 1. The van der Waals surface area contributed by atoms with Crippen LogP contribution in [0.15, 0.2) is 41.3 Å². The highest BCUT2D eigenvalue weighted by atomic mass is 16.2. The smallest absolute Gasteiger partial charge is 0.254 e. The van der Waals surface area contributed by atoms with Gasteiger partial charge in [0.15, 0.2) is 0 Å². The maximum atomic E-state index is 12.8. The third kappa shape index (κ3) is 2.90. The summed E-state index contributed by atoms with van der Waals surface area (Å²) in [6.45, 7) is 0.801. The lowest BCUT2D eigenvalue weighted by molar-refractivity contribution is 0.0827. The lowest BCUT2D eigenvalue weighted by Gasteiger charge is -2.26. The van der Waals surface area contributed by atoms with E-state index in [9.17, 15) is 9.59 Å². The molecular weight excluding hydrogens is 324 g/mol. The third-order valence-electron chi connectivity index (χ3n) is 5.53. The Balaban J connectivity index is 1.81. The van der Waals surface area contributed by atoms with Crippen LogP contribution in [0.2, 0.25) is 0 Å². The van der Waals surface area contributed by atoms with Crippen LogP contribution < -0.4 is 5.56 Å². The second-order valence-corrected chi connectivity index (χ2v) is 7.58. The van der Waals surface area contributed by atoms with Crippen LogP contribution in [0.3, 0.4) is 0 Å². The Labute approximate surface area is 153 Å². The summed E-state index contributed by atoms with van der Waals surface area (Å²) in [4.78, 5) is 26.8. The van der Waals surface area contributed by atoms with Crippen molar-refractivity contribution >= 4 is 12.0 Å². The van der Waals surface area contributed by atoms with Gasteiger partial charge in [0.2, 0.25) is 0 Å². The zero-order valence-corrected chi connectivity index (χ0v) is 15.4. The molecule has 0 bridgehead atoms. The summed E-state index contributed by atoms with van der Waals surface area (Å²) in [5.74, 6) is 0.608. The minimum atomic E-state index is -0.0122. The van der Waals surface area contributed by atoms with Gasteiger partial charge in [0.1, 0.15) is 0 Å². The summed E-state index contributed by atoms with van der Waals surface area (Å²) in [7, 11) is 3.52. The molecule has 1 fully saturated rings. The molecule has 2 aromatic rings. The minimum Gasteiger partial charge on any atom is -0.345 e. The number of fused-ring (bicyclic) bond motifs is 1. The average molecular weight is 348 g/mol. The maximum Gasteiger partial charge on any atom is 0.254 e. The van der Waals surface area contributed by atoms with Crippen molar-refractivity contribution in [2.75, 3.05) is 14.1 Å². The fourth-order valence-electron chi connectivity index (χ4n) is 3.81. The van der Waals surface area contributed by atoms with Gasteiger partial charge in [0, 0.05) is 43.5 Å². The highest BCUT2D eigenvalue weighted by molar-refractivity contribution is 5.95. The Hall–Kier alpha value is -2.62. The number of amides is 1. The van der Waals surface area contributed by atoms with Crippen molar-refractivity contribution in [2.24, 2.45) is 5.92 Å². The predicted octanol–water partition coefficient (Wildman–Crippen LogP) is 3.59. The highest BCUT2D eigenvalue weighted by Gasteiger charge is 2.22. The molecule has 0 atom stereocenters. The SMILES string of the molecule is CN(C)C(=O)c1cccc(-c2cn(CC3CCC3)c(=O)c3c2C=CC3)c1. The maximum absolute atomic E-state index is 12.8. The Morgan fingerprint density at radius 3 is 2.77 bits per heavy atom. The van der Waals surface area contributed by atoms with Crippen molar-refractivity contribution in [3.63, 3.8) is 0 Å². The standard InChI is InChI=1S/C22H24N2O2/c1-23(2)21(25)17-9-4-8-16(12-17)20-14-24(13-15-6-3-7-15)22(26)19-11-5-10-18(19)20/h4-5,8-10,12,14-15H,3,6-7,11,13H2,1-2H3. The van der Waals surface area contributed by atoms with Crippen LogP contribution in [-0.4, -0.2) is 29.5 Å². The van der Waals surface area contributed by atoms with Crippen molar-refractivity contribution in [1.29, 1.82) is 0 Å². The molecule has 0 radical (unpaired) electrons. The first-order valence-electron chi connectivity index (χ1n) is 9.29. The molecule has 4 nitrogen and oxygen atoms in total. The topological polar surface area (TPSA) is 42.3 Å². The quantitative estimate of drug-likeness (QED) is 0.847. The summed E-state index contributed by atoms with van der Waals surface area (Å²) in [6.07, 6.45) is 10.5. The van der Waals surface area contributed by atoms with Gasteiger partial charge in [-0.25, -0.2) is 0 Å². The zero-order valence-electron chi connectivity index (χ0n) is 15.4. The fourth-order valence-corrected chi connectivity index (χ4v) is 3.81. The molecule has 4 rings (SSSR count). The van der Waals surface area contributed by atoms with Crippen molar-refractivity contribution in [2.45, 2.75) is 32.2 Å². The first-order valence-corrected chi connectivity index (χ1v) is 9.29. The van der Waals surface area contributed by atoms with Crippen molar-refractivity contribution in [1.82, 2.24) is 9.47 Å². The molecule has 0 aliphatic heterocycles. The van der Waals surface area contributed by atoms with E-state index in [-0.39, 0.29) is 11.5 Å². The largest absolute Gasteiger partial charge is 0.345 e. The Morgan fingerprint density at radius 2 is 2.08 bits per heavy atom. The third-order valence-corrected chi connectivity index (χ3v) is 5.53. The second kappa shape index (κ2) is 6.60. The van der Waals surface area contributed by atoms with E-state index in [2.05, 4.69) is 6.08 Å². The summed E-state index contributed by atoms with van der Waals surface area (Å²) in [5, 5.41) is 0. The van der Waals surface area contributed by atoms with E-state index in [1.807, 2.05) is 41.1 Å². The molecule has 134 valence electrons. The molecule has 2 aliphatic rings. The van der Waals surface area contributed by atoms with E-state index in [1.54, 1.807) is 19.0 Å². The van der Waals surface area contributed by atoms with Gasteiger partial charge >= 0.3 is 0 Å². The lowest BCUT2D eigenvalue weighted by Crippen LogP contribution is -2.29. The fraction of sp³-hybridized carbons (Fsp3) is 0.364. The molecule has 1 aromatic heterocycles. The summed E-state index contributed by atoms with van der Waals surface area (Å²) in [6, 6.07) is 7.71. The highest BCUT2D eigenvalue weighted by Crippen LogP contribution is 2.32. The van der Waals surface area contributed by atoms with Crippen LogP contribution in [0, 0.1) is 5.92 Å². The molecule has 0 unspecified atom stereocenters. The minimum absolute atomic E-state index is 0.0122. The summed E-state index contributed by atoms with van der Waals surface area (Å²) >= 11 is 0. The van der Waals surface area contributed by atoms with E-state index >= 15 is 0 Å². The first-order chi connectivity index (χ1) is 12.5. The number of nitrogens with zero attached hydrogens (tertiary/aromatic N) is 2. The molecule has 1 saturated carbocycles. The summed E-state index contributed by atoms with van der Waals surface area (Å²) in [5.41, 5.74) is 4.73. The number of hydrogen-bond acceptors (Lipinski definition) is 2. The molecule has 0 N–H and O–H groups in total. The summed E-state index contributed by atoms with van der Waals surface area (Å²) < 4.78 is 1.89. The van der Waals surface area contributed by atoms with Crippen molar-refractivity contribution in [3.8, 4) is 11.1 Å². The van der Waals surface area contributed by atoms with Crippen LogP contribution in [0.5, 0.6) is 0 Å². The van der Waals surface area contributed by atoms with E-state index in [0.717, 1.165) is 28.8 Å². The van der Waals surface area contributed by atoms with Crippen LogP contribution in [0.1, 0.15) is 40.7 Å². The molecule has 0 saturated heterocycles. The van der Waals surface area contributed by atoms with Crippen LogP contribution in [-0.2, 0) is 13.0 Å². The normalized spacial score (nSPS) is 15.6. The molecule has 0 spiro atoms. The first kappa shape index (κ1) is 16.8. The number of hydrogen-bond donors (Lipinski definition) is 0. The zero-order chi connectivity index (χ0) is 18.3. The van der Waals surface area contributed by atoms with Gasteiger partial charge in [0.05, 0.1) is 0 Å². The van der Waals surface area contributed by atoms with Crippen molar-refractivity contribution < 1.29 is 4.79 Å². The molecular formula is C22H24N2O2. The lowest BCUT2D eigenvalue weighted by atomic mass is 9.85. The number of rotatable bonds is 4. The number of carbonyl (C=O) groups excluding carboxylic acids is 1. The molecule has 1 aromatic carbocycles. The van der Waals surface area contributed by atoms with Crippen LogP contribution >= 0.6 is 0 Å². The van der Waals surface area contributed by atoms with Gasteiger partial charge in [-0.05, 0) is 48.4 Å². The van der Waals surface area contributed by atoms with Gasteiger partial charge < -0.3 is 9.47 Å². The van der Waals surface area contributed by atoms with Gasteiger partial charge in [0.25, 0.3) is 11.5 Å². The van der Waals surface area contributed by atoms with Crippen LogP contribution in [0.25, 0.3) is 17.2 Å². The van der Waals surface area contributed by atoms with E-state index in [4.69, 9.17) is 0 Å². The average Bonchev–Trinajstić information content (AvgIpc) is 3.09. The van der Waals surface area contributed by atoms with Gasteiger partial charge in [-0.3, -0.25) is 9.59 Å². The van der Waals surface area contributed by atoms with Gasteiger partial charge in [-0.1, -0.05) is 30.7 Å². The van der Waals surface area contributed by atoms with E-state index < -0.39 is 0 Å². The predicted molar refractivity (Wildman–Crippen MR) is 104 cm³/mol. The van der Waals surface area contributed by atoms with Gasteiger partial charge in [-0.2, -0.15) is 0 Å². The van der Waals surface area contributed by atoms with Gasteiger partial charge in [-0.15, -0.1) is 0 Å². The molecule has 26 heavy (non-hydrogen) atoms. The van der Waals surface area contributed by atoms with E-state index in [0.29, 0.717) is 17.9 Å².